The number of hydrogen-bond acceptors (Lipinski definition) is 6. The normalized spacial score (nSPS) is 10.2. The van der Waals surface area contributed by atoms with E-state index in [2.05, 4.69) is 10.3 Å². The number of carbonyl (C=O) groups excluding carboxylic acids is 1. The lowest BCUT2D eigenvalue weighted by Gasteiger charge is -2.04. The number of nitrogens with zero attached hydrogens (tertiary/aromatic N) is 2. The molecule has 1 amide bonds. The molecule has 0 aliphatic rings. The minimum absolute atomic E-state index is 0.00373. The molecule has 1 aromatic heterocycles. The van der Waals surface area contributed by atoms with E-state index < -0.39 is 4.92 Å². The maximum Gasteiger partial charge on any atom is 0.269 e. The first-order chi connectivity index (χ1) is 9.54. The van der Waals surface area contributed by atoms with Crippen molar-refractivity contribution in [2.24, 2.45) is 0 Å². The van der Waals surface area contributed by atoms with Gasteiger partial charge in [0.1, 0.15) is 0 Å². The first-order valence-electron chi connectivity index (χ1n) is 5.74. The summed E-state index contributed by atoms with van der Waals surface area (Å²) in [6.45, 7) is 0.236. The Kier molecular flexibility index (Phi) is 4.26. The molecular weight excluding hydrogens is 280 g/mol. The van der Waals surface area contributed by atoms with Gasteiger partial charge in [0.15, 0.2) is 5.13 Å². The molecule has 0 fully saturated rings. The molecule has 104 valence electrons. The van der Waals surface area contributed by atoms with Crippen molar-refractivity contribution in [1.82, 2.24) is 10.3 Å². The Hall–Kier alpha value is -2.48. The zero-order chi connectivity index (χ0) is 14.5. The van der Waals surface area contributed by atoms with Crippen molar-refractivity contribution in [3.63, 3.8) is 0 Å². The number of nitro benzene ring substituents is 1. The van der Waals surface area contributed by atoms with Crippen molar-refractivity contribution < 1.29 is 9.72 Å². The first-order valence-corrected chi connectivity index (χ1v) is 6.62. The summed E-state index contributed by atoms with van der Waals surface area (Å²) in [6.07, 6.45) is 0.141. The molecule has 2 aromatic rings. The summed E-state index contributed by atoms with van der Waals surface area (Å²) in [5.74, 6) is -0.207. The number of nitrogen functional groups attached to an aromatic ring is 1. The minimum atomic E-state index is -0.469. The molecule has 0 saturated carbocycles. The first kappa shape index (κ1) is 13.9. The quantitative estimate of drug-likeness (QED) is 0.640. The van der Waals surface area contributed by atoms with Crippen LogP contribution < -0.4 is 11.1 Å². The highest BCUT2D eigenvalue weighted by Gasteiger charge is 2.08. The van der Waals surface area contributed by atoms with Crippen LogP contribution >= 0.6 is 11.3 Å². The van der Waals surface area contributed by atoms with E-state index in [4.69, 9.17) is 5.73 Å². The molecule has 0 aliphatic heterocycles. The highest BCUT2D eigenvalue weighted by Crippen LogP contribution is 2.13. The Labute approximate surface area is 118 Å². The van der Waals surface area contributed by atoms with Gasteiger partial charge in [-0.1, -0.05) is 12.1 Å². The number of nitro groups is 1. The fourth-order valence-corrected chi connectivity index (χ4v) is 2.17. The number of thiazole rings is 1. The summed E-state index contributed by atoms with van der Waals surface area (Å²) in [4.78, 5) is 25.8. The summed E-state index contributed by atoms with van der Waals surface area (Å²) in [6, 6.07) is 6.14. The highest BCUT2D eigenvalue weighted by atomic mass is 32.1. The second-order valence-electron chi connectivity index (χ2n) is 4.06. The van der Waals surface area contributed by atoms with E-state index in [1.165, 1.54) is 23.5 Å². The lowest BCUT2D eigenvalue weighted by Crippen LogP contribution is -2.24. The van der Waals surface area contributed by atoms with Gasteiger partial charge in [0.05, 0.1) is 17.0 Å². The van der Waals surface area contributed by atoms with Crippen molar-refractivity contribution in [1.29, 1.82) is 0 Å². The zero-order valence-corrected chi connectivity index (χ0v) is 11.2. The van der Waals surface area contributed by atoms with Crippen LogP contribution in [0.5, 0.6) is 0 Å². The molecule has 1 heterocycles. The average Bonchev–Trinajstić information content (AvgIpc) is 2.82. The van der Waals surface area contributed by atoms with Gasteiger partial charge >= 0.3 is 0 Å². The van der Waals surface area contributed by atoms with Crippen LogP contribution in [0.3, 0.4) is 0 Å². The number of benzene rings is 1. The second kappa shape index (κ2) is 6.11. The third-order valence-corrected chi connectivity index (χ3v) is 3.24. The lowest BCUT2D eigenvalue weighted by atomic mass is 10.2. The van der Waals surface area contributed by atoms with Crippen molar-refractivity contribution in [2.45, 2.75) is 13.0 Å². The van der Waals surface area contributed by atoms with Crippen LogP contribution in [-0.4, -0.2) is 15.8 Å². The van der Waals surface area contributed by atoms with Crippen molar-refractivity contribution >= 4 is 28.1 Å². The monoisotopic (exact) mass is 292 g/mol. The molecule has 3 N–H and O–H groups in total. The van der Waals surface area contributed by atoms with E-state index in [0.717, 1.165) is 0 Å². The van der Waals surface area contributed by atoms with Gasteiger partial charge < -0.3 is 11.1 Å². The van der Waals surface area contributed by atoms with E-state index in [-0.39, 0.29) is 24.6 Å². The van der Waals surface area contributed by atoms with Gasteiger partial charge in [-0.05, 0) is 5.56 Å². The largest absolute Gasteiger partial charge is 0.375 e. The van der Waals surface area contributed by atoms with Crippen LogP contribution in [0.2, 0.25) is 0 Å². The number of nitrogens with two attached hydrogens (primary N) is 1. The second-order valence-corrected chi connectivity index (χ2v) is 4.95. The molecule has 0 radical (unpaired) electrons. The molecule has 1 aromatic carbocycles. The van der Waals surface area contributed by atoms with Gasteiger partial charge in [0.25, 0.3) is 5.69 Å². The maximum atomic E-state index is 11.7. The lowest BCUT2D eigenvalue weighted by molar-refractivity contribution is -0.384. The van der Waals surface area contributed by atoms with E-state index in [1.807, 2.05) is 0 Å². The summed E-state index contributed by atoms with van der Waals surface area (Å²) < 4.78 is 0. The van der Waals surface area contributed by atoms with E-state index in [0.29, 0.717) is 16.4 Å². The predicted octanol–water partition coefficient (Wildman–Crippen LogP) is 1.49. The molecule has 2 rings (SSSR count). The number of amides is 1. The van der Waals surface area contributed by atoms with Gasteiger partial charge in [0.2, 0.25) is 5.91 Å². The number of nitrogens with one attached hydrogen (secondary N) is 1. The summed E-state index contributed by atoms with van der Waals surface area (Å²) in [7, 11) is 0. The van der Waals surface area contributed by atoms with Crippen LogP contribution in [-0.2, 0) is 17.8 Å². The number of rotatable bonds is 5. The molecule has 0 spiro atoms. The average molecular weight is 292 g/mol. The molecule has 7 nitrogen and oxygen atoms in total. The van der Waals surface area contributed by atoms with Crippen molar-refractivity contribution in [3.8, 4) is 0 Å². The summed E-state index contributed by atoms with van der Waals surface area (Å²) in [5.41, 5.74) is 6.77. The van der Waals surface area contributed by atoms with E-state index in [1.54, 1.807) is 17.5 Å². The Morgan fingerprint density at radius 2 is 2.30 bits per heavy atom. The van der Waals surface area contributed by atoms with Gasteiger partial charge in [-0.3, -0.25) is 14.9 Å². The SMILES string of the molecule is Nc1nc(CC(=O)NCc2cccc([N+](=O)[O-])c2)cs1. The number of non-ortho nitro benzene ring substituents is 1. The molecule has 0 atom stereocenters. The van der Waals surface area contributed by atoms with Crippen LogP contribution in [0.1, 0.15) is 11.3 Å². The Balaban J connectivity index is 1.90. The standard InChI is InChI=1S/C12H12N4O3S/c13-12-15-9(7-20-12)5-11(17)14-6-8-2-1-3-10(4-8)16(18)19/h1-4,7H,5-6H2,(H2,13,15)(H,14,17). The molecule has 0 saturated heterocycles. The van der Waals surface area contributed by atoms with Crippen LogP contribution in [0.15, 0.2) is 29.6 Å². The third-order valence-electron chi connectivity index (χ3n) is 2.52. The van der Waals surface area contributed by atoms with E-state index in [9.17, 15) is 14.9 Å². The number of hydrogen-bond donors (Lipinski definition) is 2. The topological polar surface area (TPSA) is 111 Å². The smallest absolute Gasteiger partial charge is 0.269 e. The third kappa shape index (κ3) is 3.75. The molecule has 0 bridgehead atoms. The Morgan fingerprint density at radius 3 is 2.95 bits per heavy atom. The fraction of sp³-hybridized carbons (Fsp3) is 0.167. The van der Waals surface area contributed by atoms with Crippen molar-refractivity contribution in [3.05, 3.63) is 51.0 Å². The molecule has 0 unspecified atom stereocenters. The van der Waals surface area contributed by atoms with Crippen LogP contribution in [0, 0.1) is 10.1 Å². The summed E-state index contributed by atoms with van der Waals surface area (Å²) >= 11 is 1.28. The molecular formula is C12H12N4O3S. The predicted molar refractivity (Wildman–Crippen MR) is 75.2 cm³/mol. The molecule has 20 heavy (non-hydrogen) atoms. The Bertz CT molecular complexity index is 641. The van der Waals surface area contributed by atoms with Gasteiger partial charge in [-0.2, -0.15) is 0 Å². The van der Waals surface area contributed by atoms with E-state index >= 15 is 0 Å². The number of carbonyl (C=O) groups is 1. The minimum Gasteiger partial charge on any atom is -0.375 e. The number of aromatic nitrogens is 1. The zero-order valence-electron chi connectivity index (χ0n) is 10.4. The van der Waals surface area contributed by atoms with Crippen LogP contribution in [0.25, 0.3) is 0 Å². The fourth-order valence-electron chi connectivity index (χ4n) is 1.61. The highest BCUT2D eigenvalue weighted by molar-refractivity contribution is 7.13. The molecule has 8 heteroatoms. The maximum absolute atomic E-state index is 11.7. The Morgan fingerprint density at radius 1 is 1.50 bits per heavy atom. The van der Waals surface area contributed by atoms with Gasteiger partial charge in [-0.25, -0.2) is 4.98 Å². The van der Waals surface area contributed by atoms with Crippen molar-refractivity contribution in [2.75, 3.05) is 5.73 Å². The van der Waals surface area contributed by atoms with Gasteiger partial charge in [0, 0.05) is 24.1 Å². The van der Waals surface area contributed by atoms with Crippen LogP contribution in [0.4, 0.5) is 10.8 Å². The van der Waals surface area contributed by atoms with Gasteiger partial charge in [-0.15, -0.1) is 11.3 Å². The summed E-state index contributed by atoms with van der Waals surface area (Å²) in [5, 5.41) is 15.5. The molecule has 0 aliphatic carbocycles. The number of anilines is 1.